The maximum atomic E-state index is 5.16. The second-order valence-corrected chi connectivity index (χ2v) is 5.08. The van der Waals surface area contributed by atoms with Gasteiger partial charge in [-0.2, -0.15) is 0 Å². The van der Waals surface area contributed by atoms with Crippen LogP contribution < -0.4 is 15.4 Å². The van der Waals surface area contributed by atoms with Gasteiger partial charge in [-0.1, -0.05) is 38.3 Å². The minimum atomic E-state index is 0. The molecule has 0 aromatic heterocycles. The molecule has 0 bridgehead atoms. The predicted octanol–water partition coefficient (Wildman–Crippen LogP) is 3.60. The highest BCUT2D eigenvalue weighted by atomic mass is 127. The van der Waals surface area contributed by atoms with Crippen LogP contribution in [-0.2, 0) is 6.42 Å². The van der Waals surface area contributed by atoms with Crippen LogP contribution >= 0.6 is 24.0 Å². The van der Waals surface area contributed by atoms with Crippen molar-refractivity contribution in [2.24, 2.45) is 4.99 Å². The summed E-state index contributed by atoms with van der Waals surface area (Å²) in [5.41, 5.74) is 1.29. The Balaban J connectivity index is 0.00000441. The number of guanidine groups is 1. The van der Waals surface area contributed by atoms with E-state index in [-0.39, 0.29) is 24.0 Å². The smallest absolute Gasteiger partial charge is 0.190 e. The summed E-state index contributed by atoms with van der Waals surface area (Å²) in [6, 6.07) is 8.19. The van der Waals surface area contributed by atoms with E-state index in [4.69, 9.17) is 4.74 Å². The first kappa shape index (κ1) is 21.0. The molecule has 0 spiro atoms. The number of unbranched alkanes of at least 4 members (excludes halogenated alkanes) is 3. The van der Waals surface area contributed by atoms with Gasteiger partial charge >= 0.3 is 0 Å². The van der Waals surface area contributed by atoms with E-state index in [0.717, 1.165) is 31.2 Å². The summed E-state index contributed by atoms with van der Waals surface area (Å²) < 4.78 is 5.16. The normalized spacial score (nSPS) is 10.8. The molecule has 0 aliphatic heterocycles. The van der Waals surface area contributed by atoms with Crippen LogP contribution in [0, 0.1) is 0 Å². The molecule has 0 aliphatic carbocycles. The van der Waals surface area contributed by atoms with Gasteiger partial charge in [0, 0.05) is 20.1 Å². The highest BCUT2D eigenvalue weighted by molar-refractivity contribution is 14.0. The van der Waals surface area contributed by atoms with Crippen molar-refractivity contribution in [1.82, 2.24) is 10.6 Å². The quantitative estimate of drug-likeness (QED) is 0.278. The number of benzene rings is 1. The first-order valence-corrected chi connectivity index (χ1v) is 7.87. The van der Waals surface area contributed by atoms with Crippen LogP contribution in [0.1, 0.15) is 38.2 Å². The minimum absolute atomic E-state index is 0. The lowest BCUT2D eigenvalue weighted by molar-refractivity contribution is 0.414. The number of aliphatic imine (C=N–C) groups is 1. The molecule has 0 aliphatic rings. The van der Waals surface area contributed by atoms with E-state index in [1.165, 1.54) is 31.2 Å². The van der Waals surface area contributed by atoms with E-state index in [9.17, 15) is 0 Å². The first-order chi connectivity index (χ1) is 10.3. The maximum absolute atomic E-state index is 5.16. The van der Waals surface area contributed by atoms with Gasteiger partial charge in [0.2, 0.25) is 0 Å². The number of methoxy groups -OCH3 is 1. The average molecular weight is 419 g/mol. The van der Waals surface area contributed by atoms with Crippen LogP contribution in [0.4, 0.5) is 0 Å². The summed E-state index contributed by atoms with van der Waals surface area (Å²) in [4.78, 5) is 4.24. The number of halogens is 1. The molecule has 2 N–H and O–H groups in total. The predicted molar refractivity (Wildman–Crippen MR) is 106 cm³/mol. The lowest BCUT2D eigenvalue weighted by Crippen LogP contribution is -2.38. The summed E-state index contributed by atoms with van der Waals surface area (Å²) in [6.45, 7) is 4.09. The molecule has 0 saturated carbocycles. The van der Waals surface area contributed by atoms with E-state index in [0.29, 0.717) is 0 Å². The van der Waals surface area contributed by atoms with Crippen molar-refractivity contribution in [1.29, 1.82) is 0 Å². The third-order valence-corrected chi connectivity index (χ3v) is 3.41. The van der Waals surface area contributed by atoms with Gasteiger partial charge in [-0.15, -0.1) is 24.0 Å². The van der Waals surface area contributed by atoms with Crippen LogP contribution in [0.3, 0.4) is 0 Å². The number of hydrogen-bond donors (Lipinski definition) is 2. The van der Waals surface area contributed by atoms with E-state index in [1.54, 1.807) is 7.11 Å². The molecule has 0 atom stereocenters. The fourth-order valence-corrected chi connectivity index (χ4v) is 2.10. The van der Waals surface area contributed by atoms with Crippen LogP contribution in [0.15, 0.2) is 29.3 Å². The van der Waals surface area contributed by atoms with Crippen molar-refractivity contribution in [2.45, 2.75) is 39.0 Å². The van der Waals surface area contributed by atoms with Crippen molar-refractivity contribution >= 4 is 29.9 Å². The molecule has 1 aromatic carbocycles. The third kappa shape index (κ3) is 9.12. The van der Waals surface area contributed by atoms with E-state index in [2.05, 4.69) is 34.7 Å². The molecule has 0 saturated heterocycles. The summed E-state index contributed by atoms with van der Waals surface area (Å²) in [5, 5.41) is 6.70. The average Bonchev–Trinajstić information content (AvgIpc) is 2.53. The Morgan fingerprint density at radius 2 is 1.73 bits per heavy atom. The molecule has 0 fully saturated rings. The molecule has 1 aromatic rings. The highest BCUT2D eigenvalue weighted by Crippen LogP contribution is 2.11. The zero-order valence-electron chi connectivity index (χ0n) is 14.0. The van der Waals surface area contributed by atoms with Gasteiger partial charge < -0.3 is 15.4 Å². The summed E-state index contributed by atoms with van der Waals surface area (Å²) in [6.07, 6.45) is 6.04. The minimum Gasteiger partial charge on any atom is -0.497 e. The van der Waals surface area contributed by atoms with Gasteiger partial charge in [-0.05, 0) is 30.5 Å². The Labute approximate surface area is 152 Å². The molecule has 4 nitrogen and oxygen atoms in total. The molecule has 22 heavy (non-hydrogen) atoms. The SMILES string of the molecule is CCCCCCNC(=NC)NCCc1ccc(OC)cc1.I. The number of ether oxygens (including phenoxy) is 1. The van der Waals surface area contributed by atoms with Crippen LogP contribution in [0.2, 0.25) is 0 Å². The standard InChI is InChI=1S/C17H29N3O.HI/c1-4-5-6-7-13-19-17(18-2)20-14-12-15-8-10-16(21-3)11-9-15;/h8-11H,4-7,12-14H2,1-3H3,(H2,18,19,20);1H. The topological polar surface area (TPSA) is 45.7 Å². The number of nitrogens with one attached hydrogen (secondary N) is 2. The second-order valence-electron chi connectivity index (χ2n) is 5.08. The van der Waals surface area contributed by atoms with Crippen LogP contribution in [0.5, 0.6) is 5.75 Å². The van der Waals surface area contributed by atoms with Crippen molar-refractivity contribution in [3.8, 4) is 5.75 Å². The first-order valence-electron chi connectivity index (χ1n) is 7.87. The fraction of sp³-hybridized carbons (Fsp3) is 0.588. The lowest BCUT2D eigenvalue weighted by atomic mass is 10.1. The van der Waals surface area contributed by atoms with Crippen molar-refractivity contribution in [3.63, 3.8) is 0 Å². The van der Waals surface area contributed by atoms with Crippen LogP contribution in [-0.4, -0.2) is 33.2 Å². The van der Waals surface area contributed by atoms with Gasteiger partial charge in [0.25, 0.3) is 0 Å². The number of hydrogen-bond acceptors (Lipinski definition) is 2. The third-order valence-electron chi connectivity index (χ3n) is 3.41. The Hall–Kier alpha value is -0.980. The maximum Gasteiger partial charge on any atom is 0.190 e. The molecule has 1 rings (SSSR count). The van der Waals surface area contributed by atoms with Crippen LogP contribution in [0.25, 0.3) is 0 Å². The Morgan fingerprint density at radius 1 is 1.05 bits per heavy atom. The summed E-state index contributed by atoms with van der Waals surface area (Å²) in [5.74, 6) is 1.79. The molecular weight excluding hydrogens is 389 g/mol. The number of nitrogens with zero attached hydrogens (tertiary/aromatic N) is 1. The fourth-order valence-electron chi connectivity index (χ4n) is 2.10. The molecule has 0 heterocycles. The van der Waals surface area contributed by atoms with Gasteiger partial charge in [0.15, 0.2) is 5.96 Å². The van der Waals surface area contributed by atoms with Crippen molar-refractivity contribution < 1.29 is 4.74 Å². The lowest BCUT2D eigenvalue weighted by Gasteiger charge is -2.12. The summed E-state index contributed by atoms with van der Waals surface area (Å²) in [7, 11) is 3.50. The zero-order valence-corrected chi connectivity index (χ0v) is 16.4. The van der Waals surface area contributed by atoms with Gasteiger partial charge in [-0.3, -0.25) is 4.99 Å². The monoisotopic (exact) mass is 419 g/mol. The van der Waals surface area contributed by atoms with Crippen molar-refractivity contribution in [3.05, 3.63) is 29.8 Å². The van der Waals surface area contributed by atoms with E-state index >= 15 is 0 Å². The molecular formula is C17H30IN3O. The summed E-state index contributed by atoms with van der Waals surface area (Å²) >= 11 is 0. The second kappa shape index (κ2) is 13.7. The highest BCUT2D eigenvalue weighted by Gasteiger charge is 1.98. The van der Waals surface area contributed by atoms with Crippen molar-refractivity contribution in [2.75, 3.05) is 27.2 Å². The van der Waals surface area contributed by atoms with Gasteiger partial charge in [0.1, 0.15) is 5.75 Å². The Morgan fingerprint density at radius 3 is 2.32 bits per heavy atom. The Bertz CT molecular complexity index is 407. The van der Waals surface area contributed by atoms with E-state index < -0.39 is 0 Å². The van der Waals surface area contributed by atoms with E-state index in [1.807, 2.05) is 19.2 Å². The largest absolute Gasteiger partial charge is 0.497 e. The van der Waals surface area contributed by atoms with Gasteiger partial charge in [0.05, 0.1) is 7.11 Å². The number of rotatable bonds is 9. The molecule has 126 valence electrons. The molecule has 5 heteroatoms. The Kier molecular flexibility index (Phi) is 13.1. The molecule has 0 amide bonds. The zero-order chi connectivity index (χ0) is 15.3. The molecule has 0 unspecified atom stereocenters. The molecule has 0 radical (unpaired) electrons. The van der Waals surface area contributed by atoms with Gasteiger partial charge in [-0.25, -0.2) is 0 Å².